The number of aromatic nitrogens is 4. The van der Waals surface area contributed by atoms with Crippen LogP contribution in [0.2, 0.25) is 0 Å². The summed E-state index contributed by atoms with van der Waals surface area (Å²) < 4.78 is 7.12. The van der Waals surface area contributed by atoms with Gasteiger partial charge in [0.05, 0.1) is 13.2 Å². The van der Waals surface area contributed by atoms with E-state index in [0.717, 1.165) is 39.1 Å². The lowest BCUT2D eigenvalue weighted by molar-refractivity contribution is -0.130. The summed E-state index contributed by atoms with van der Waals surface area (Å²) in [6.45, 7) is 5.88. The third-order valence-electron chi connectivity index (χ3n) is 3.29. The first-order chi connectivity index (χ1) is 9.29. The summed E-state index contributed by atoms with van der Waals surface area (Å²) in [7, 11) is 0. The lowest BCUT2D eigenvalue weighted by Crippen LogP contribution is -2.30. The molecular weight excluding hydrogens is 246 g/mol. The Labute approximate surface area is 112 Å². The van der Waals surface area contributed by atoms with E-state index in [2.05, 4.69) is 22.4 Å². The van der Waals surface area contributed by atoms with Crippen molar-refractivity contribution in [3.05, 3.63) is 6.33 Å². The number of carbonyl (C=O) groups is 1. The van der Waals surface area contributed by atoms with E-state index < -0.39 is 0 Å². The lowest BCUT2D eigenvalue weighted by Gasteiger charge is -2.16. The van der Waals surface area contributed by atoms with Crippen molar-refractivity contribution in [2.24, 2.45) is 5.92 Å². The monoisotopic (exact) mass is 267 g/mol. The highest BCUT2D eigenvalue weighted by molar-refractivity contribution is 5.76. The van der Waals surface area contributed by atoms with Crippen LogP contribution in [-0.4, -0.2) is 57.3 Å². The average molecular weight is 267 g/mol. The number of tetrazole rings is 1. The Morgan fingerprint density at radius 1 is 1.53 bits per heavy atom. The highest BCUT2D eigenvalue weighted by Gasteiger charge is 2.25. The Hall–Kier alpha value is -1.50. The SMILES string of the molecule is CCCOC[C@@H]1CCN(C(=O)CCn2cnnn2)C1. The minimum absolute atomic E-state index is 0.175. The Balaban J connectivity index is 1.66. The molecule has 1 aliphatic heterocycles. The van der Waals surface area contributed by atoms with Gasteiger partial charge in [0.1, 0.15) is 6.33 Å². The first-order valence-electron chi connectivity index (χ1n) is 6.86. The topological polar surface area (TPSA) is 73.1 Å². The number of likely N-dealkylation sites (tertiary alicyclic amines) is 1. The molecule has 7 heteroatoms. The van der Waals surface area contributed by atoms with Crippen LogP contribution in [0.3, 0.4) is 0 Å². The number of carbonyl (C=O) groups excluding carboxylic acids is 1. The first-order valence-corrected chi connectivity index (χ1v) is 6.86. The molecule has 0 bridgehead atoms. The van der Waals surface area contributed by atoms with Gasteiger partial charge >= 0.3 is 0 Å². The standard InChI is InChI=1S/C12H21N5O2/c1-2-7-19-9-11-3-5-16(8-11)12(18)4-6-17-10-13-14-15-17/h10-11H,2-9H2,1H3/t11-/m1/s1. The van der Waals surface area contributed by atoms with Crippen LogP contribution in [0.4, 0.5) is 0 Å². The second-order valence-electron chi connectivity index (χ2n) is 4.89. The van der Waals surface area contributed by atoms with Gasteiger partial charge in [-0.05, 0) is 23.3 Å². The molecule has 0 aromatic carbocycles. The number of nitrogens with zero attached hydrogens (tertiary/aromatic N) is 5. The molecule has 0 unspecified atom stereocenters. The Bertz CT molecular complexity index is 381. The molecule has 1 aliphatic rings. The molecule has 1 fully saturated rings. The third kappa shape index (κ3) is 4.27. The molecule has 0 aliphatic carbocycles. The highest BCUT2D eigenvalue weighted by Crippen LogP contribution is 2.17. The smallest absolute Gasteiger partial charge is 0.224 e. The van der Waals surface area contributed by atoms with E-state index in [-0.39, 0.29) is 5.91 Å². The quantitative estimate of drug-likeness (QED) is 0.666. The van der Waals surface area contributed by atoms with Crippen molar-refractivity contribution in [2.45, 2.75) is 32.7 Å². The summed E-state index contributed by atoms with van der Waals surface area (Å²) in [6, 6.07) is 0. The van der Waals surface area contributed by atoms with Crippen molar-refractivity contribution < 1.29 is 9.53 Å². The summed E-state index contributed by atoms with van der Waals surface area (Å²) in [5.74, 6) is 0.664. The maximum atomic E-state index is 12.0. The molecule has 1 amide bonds. The molecule has 2 heterocycles. The summed E-state index contributed by atoms with van der Waals surface area (Å²) in [5.41, 5.74) is 0. The van der Waals surface area contributed by atoms with Crippen LogP contribution >= 0.6 is 0 Å². The van der Waals surface area contributed by atoms with Crippen LogP contribution in [0.1, 0.15) is 26.2 Å². The molecule has 0 saturated carbocycles. The third-order valence-corrected chi connectivity index (χ3v) is 3.29. The molecule has 0 radical (unpaired) electrons. The fraction of sp³-hybridized carbons (Fsp3) is 0.833. The summed E-state index contributed by atoms with van der Waals surface area (Å²) in [4.78, 5) is 13.9. The maximum Gasteiger partial charge on any atom is 0.224 e. The van der Waals surface area contributed by atoms with Gasteiger partial charge in [0, 0.05) is 32.0 Å². The van der Waals surface area contributed by atoms with Gasteiger partial charge in [-0.3, -0.25) is 4.79 Å². The summed E-state index contributed by atoms with van der Waals surface area (Å²) in [6.07, 6.45) is 4.06. The van der Waals surface area contributed by atoms with Gasteiger partial charge in [-0.25, -0.2) is 4.68 Å². The highest BCUT2D eigenvalue weighted by atomic mass is 16.5. The number of amides is 1. The van der Waals surface area contributed by atoms with Gasteiger partial charge in [-0.2, -0.15) is 0 Å². The minimum atomic E-state index is 0.175. The normalized spacial score (nSPS) is 19.0. The van der Waals surface area contributed by atoms with E-state index >= 15 is 0 Å². The van der Waals surface area contributed by atoms with E-state index in [0.29, 0.717) is 18.9 Å². The first kappa shape index (κ1) is 13.9. The van der Waals surface area contributed by atoms with Crippen LogP contribution in [0.25, 0.3) is 0 Å². The molecule has 1 aromatic heterocycles. The Morgan fingerprint density at radius 2 is 2.42 bits per heavy atom. The number of aryl methyl sites for hydroxylation is 1. The summed E-state index contributed by atoms with van der Waals surface area (Å²) in [5, 5.41) is 10.8. The van der Waals surface area contributed by atoms with E-state index in [4.69, 9.17) is 4.74 Å². The summed E-state index contributed by atoms with van der Waals surface area (Å²) >= 11 is 0. The van der Waals surface area contributed by atoms with E-state index in [1.165, 1.54) is 6.33 Å². The predicted octanol–water partition coefficient (Wildman–Crippen LogP) is 0.338. The number of rotatable bonds is 7. The maximum absolute atomic E-state index is 12.0. The zero-order valence-corrected chi connectivity index (χ0v) is 11.4. The van der Waals surface area contributed by atoms with Crippen LogP contribution < -0.4 is 0 Å². The van der Waals surface area contributed by atoms with Gasteiger partial charge in [-0.15, -0.1) is 5.10 Å². The van der Waals surface area contributed by atoms with Gasteiger partial charge in [0.2, 0.25) is 5.91 Å². The molecule has 1 aromatic rings. The molecular formula is C12H21N5O2. The van der Waals surface area contributed by atoms with Crippen LogP contribution in [0, 0.1) is 5.92 Å². The van der Waals surface area contributed by atoms with Crippen LogP contribution in [0.5, 0.6) is 0 Å². The van der Waals surface area contributed by atoms with Crippen molar-refractivity contribution in [1.82, 2.24) is 25.1 Å². The average Bonchev–Trinajstić information content (AvgIpc) is 3.07. The lowest BCUT2D eigenvalue weighted by atomic mass is 10.1. The molecule has 106 valence electrons. The predicted molar refractivity (Wildman–Crippen MR) is 68.2 cm³/mol. The van der Waals surface area contributed by atoms with E-state index in [1.54, 1.807) is 4.68 Å². The Morgan fingerprint density at radius 3 is 3.16 bits per heavy atom. The minimum Gasteiger partial charge on any atom is -0.381 e. The molecule has 0 spiro atoms. The van der Waals surface area contributed by atoms with Gasteiger partial charge < -0.3 is 9.64 Å². The van der Waals surface area contributed by atoms with Crippen molar-refractivity contribution in [3.63, 3.8) is 0 Å². The van der Waals surface area contributed by atoms with Crippen molar-refractivity contribution in [1.29, 1.82) is 0 Å². The molecule has 19 heavy (non-hydrogen) atoms. The second kappa shape index (κ2) is 7.18. The largest absolute Gasteiger partial charge is 0.381 e. The molecule has 1 atom stereocenters. The number of ether oxygens (including phenoxy) is 1. The molecule has 1 saturated heterocycles. The van der Waals surface area contributed by atoms with Gasteiger partial charge in [0.15, 0.2) is 0 Å². The van der Waals surface area contributed by atoms with Crippen molar-refractivity contribution in [3.8, 4) is 0 Å². The molecule has 7 nitrogen and oxygen atoms in total. The van der Waals surface area contributed by atoms with E-state index in [1.807, 2.05) is 4.90 Å². The van der Waals surface area contributed by atoms with Gasteiger partial charge in [0.25, 0.3) is 0 Å². The Kier molecular flexibility index (Phi) is 5.26. The van der Waals surface area contributed by atoms with Crippen molar-refractivity contribution >= 4 is 5.91 Å². The second-order valence-corrected chi connectivity index (χ2v) is 4.89. The van der Waals surface area contributed by atoms with Crippen LogP contribution in [0.15, 0.2) is 6.33 Å². The zero-order chi connectivity index (χ0) is 13.5. The van der Waals surface area contributed by atoms with E-state index in [9.17, 15) is 4.79 Å². The molecule has 2 rings (SSSR count). The molecule has 0 N–H and O–H groups in total. The number of hydrogen-bond donors (Lipinski definition) is 0. The fourth-order valence-corrected chi connectivity index (χ4v) is 2.24. The fourth-order valence-electron chi connectivity index (χ4n) is 2.24. The van der Waals surface area contributed by atoms with Crippen molar-refractivity contribution in [2.75, 3.05) is 26.3 Å². The van der Waals surface area contributed by atoms with Crippen LogP contribution in [-0.2, 0) is 16.1 Å². The zero-order valence-electron chi connectivity index (χ0n) is 11.4. The van der Waals surface area contributed by atoms with Gasteiger partial charge in [-0.1, -0.05) is 6.92 Å². The number of hydrogen-bond acceptors (Lipinski definition) is 5.